The van der Waals surface area contributed by atoms with Crippen molar-refractivity contribution in [2.75, 3.05) is 5.75 Å². The van der Waals surface area contributed by atoms with E-state index in [1.54, 1.807) is 18.0 Å². The maximum atomic E-state index is 11.1. The largest absolute Gasteiger partial charge is 0.481 e. The molecule has 3 aromatic rings. The number of carbonyl (C=O) groups is 1. The molecule has 0 amide bonds. The summed E-state index contributed by atoms with van der Waals surface area (Å²) in [5, 5.41) is 9.12. The minimum absolute atomic E-state index is 0.00646. The minimum atomic E-state index is -0.783. The molecule has 4 rings (SSSR count). The second kappa shape index (κ2) is 9.05. The minimum Gasteiger partial charge on any atom is -0.481 e. The maximum Gasteiger partial charge on any atom is 0.303 e. The van der Waals surface area contributed by atoms with Crippen molar-refractivity contribution in [2.24, 2.45) is 0 Å². The van der Waals surface area contributed by atoms with Crippen molar-refractivity contribution in [1.82, 2.24) is 4.98 Å². The number of thioether (sulfide) groups is 1. The summed E-state index contributed by atoms with van der Waals surface area (Å²) < 4.78 is 6.86. The smallest absolute Gasteiger partial charge is 0.303 e. The molecule has 1 N–H and O–H groups in total. The highest BCUT2D eigenvalue weighted by molar-refractivity contribution is 9.10. The highest BCUT2D eigenvalue weighted by Gasteiger charge is 2.29. The first kappa shape index (κ1) is 21.9. The van der Waals surface area contributed by atoms with Gasteiger partial charge in [0.1, 0.15) is 6.61 Å². The average molecular weight is 498 g/mol. The van der Waals surface area contributed by atoms with Crippen molar-refractivity contribution >= 4 is 33.7 Å². The SMILES string of the molecule is Cc1cc(C)c(-c2cccc(COc3ncc4c(c3Br)SC[C@H]4CC(=O)O)c2)c(C)c1. The monoisotopic (exact) mass is 497 g/mol. The Bertz CT molecular complexity index is 1140. The van der Waals surface area contributed by atoms with E-state index in [9.17, 15) is 4.79 Å². The van der Waals surface area contributed by atoms with Gasteiger partial charge in [0.25, 0.3) is 0 Å². The number of nitrogens with zero attached hydrogens (tertiary/aromatic N) is 1. The third kappa shape index (κ3) is 4.65. The van der Waals surface area contributed by atoms with Gasteiger partial charge in [-0.2, -0.15) is 0 Å². The van der Waals surface area contributed by atoms with Gasteiger partial charge in [0.2, 0.25) is 5.88 Å². The molecule has 0 saturated carbocycles. The molecule has 1 atom stereocenters. The number of carboxylic acid groups (broad SMARTS) is 1. The van der Waals surface area contributed by atoms with Gasteiger partial charge in [-0.15, -0.1) is 11.8 Å². The summed E-state index contributed by atoms with van der Waals surface area (Å²) in [6, 6.07) is 12.9. The number of halogens is 1. The Labute approximate surface area is 195 Å². The molecule has 0 spiro atoms. The normalized spacial score (nSPS) is 15.0. The van der Waals surface area contributed by atoms with Crippen LogP contribution in [0, 0.1) is 20.8 Å². The van der Waals surface area contributed by atoms with Gasteiger partial charge in [-0.3, -0.25) is 4.79 Å². The van der Waals surface area contributed by atoms with E-state index in [-0.39, 0.29) is 12.3 Å². The molecular formula is C25H24BrNO3S. The van der Waals surface area contributed by atoms with E-state index >= 15 is 0 Å². The molecule has 160 valence electrons. The fourth-order valence-electron chi connectivity index (χ4n) is 4.26. The van der Waals surface area contributed by atoms with Crippen molar-refractivity contribution in [3.63, 3.8) is 0 Å². The number of aryl methyl sites for hydroxylation is 3. The summed E-state index contributed by atoms with van der Waals surface area (Å²) in [4.78, 5) is 16.6. The summed E-state index contributed by atoms with van der Waals surface area (Å²) in [7, 11) is 0. The first-order valence-electron chi connectivity index (χ1n) is 10.2. The zero-order valence-electron chi connectivity index (χ0n) is 17.7. The van der Waals surface area contributed by atoms with Crippen LogP contribution in [0.25, 0.3) is 11.1 Å². The van der Waals surface area contributed by atoms with E-state index in [0.717, 1.165) is 26.2 Å². The highest BCUT2D eigenvalue weighted by Crippen LogP contribution is 2.47. The molecule has 1 aliphatic heterocycles. The summed E-state index contributed by atoms with van der Waals surface area (Å²) in [6.07, 6.45) is 1.89. The van der Waals surface area contributed by atoms with Crippen molar-refractivity contribution < 1.29 is 14.6 Å². The Balaban J connectivity index is 1.54. The molecule has 2 aromatic carbocycles. The number of aromatic nitrogens is 1. The van der Waals surface area contributed by atoms with E-state index in [2.05, 4.69) is 78.1 Å². The Morgan fingerprint density at radius 1 is 1.23 bits per heavy atom. The zero-order valence-corrected chi connectivity index (χ0v) is 20.1. The first-order valence-corrected chi connectivity index (χ1v) is 11.9. The second-order valence-electron chi connectivity index (χ2n) is 8.03. The summed E-state index contributed by atoms with van der Waals surface area (Å²) in [5.41, 5.74) is 8.32. The van der Waals surface area contributed by atoms with Crippen LogP contribution < -0.4 is 4.74 Å². The molecule has 0 unspecified atom stereocenters. The van der Waals surface area contributed by atoms with Crippen molar-refractivity contribution in [3.05, 3.63) is 74.9 Å². The number of hydrogen-bond acceptors (Lipinski definition) is 4. The van der Waals surface area contributed by atoms with Gasteiger partial charge in [0.05, 0.1) is 10.9 Å². The predicted octanol–water partition coefficient (Wildman–Crippen LogP) is 6.68. The van der Waals surface area contributed by atoms with Crippen LogP contribution in [0.1, 0.15) is 40.2 Å². The third-order valence-electron chi connectivity index (χ3n) is 5.53. The summed E-state index contributed by atoms with van der Waals surface area (Å²) in [6.45, 7) is 6.84. The fourth-order valence-corrected chi connectivity index (χ4v) is 6.32. The fraction of sp³-hybridized carbons (Fsp3) is 0.280. The van der Waals surface area contributed by atoms with Gasteiger partial charge in [-0.05, 0) is 76.1 Å². The molecular weight excluding hydrogens is 474 g/mol. The van der Waals surface area contributed by atoms with E-state index in [1.807, 2.05) is 0 Å². The zero-order chi connectivity index (χ0) is 22.1. The van der Waals surface area contributed by atoms with Gasteiger partial charge >= 0.3 is 5.97 Å². The van der Waals surface area contributed by atoms with E-state index in [4.69, 9.17) is 9.84 Å². The Hall–Kier alpha value is -2.31. The van der Waals surface area contributed by atoms with Crippen molar-refractivity contribution in [1.29, 1.82) is 0 Å². The van der Waals surface area contributed by atoms with Gasteiger partial charge in [-0.25, -0.2) is 4.98 Å². The van der Waals surface area contributed by atoms with Crippen LogP contribution in [0.5, 0.6) is 5.88 Å². The number of aliphatic carboxylic acids is 1. The summed E-state index contributed by atoms with van der Waals surface area (Å²) >= 11 is 5.28. The Morgan fingerprint density at radius 2 is 1.97 bits per heavy atom. The first-order chi connectivity index (χ1) is 14.8. The third-order valence-corrected chi connectivity index (χ3v) is 7.82. The molecule has 6 heteroatoms. The number of pyridine rings is 1. The maximum absolute atomic E-state index is 11.1. The standard InChI is InChI=1S/C25H24BrNO3S/c1-14-7-15(2)22(16(3)8-14)18-6-4-5-17(9-18)12-30-25-23(26)24-20(11-27-25)19(13-31-24)10-21(28)29/h4-9,11,19H,10,12-13H2,1-3H3,(H,28,29)/t19-/m1/s1. The van der Waals surface area contributed by atoms with Crippen LogP contribution in [-0.2, 0) is 11.4 Å². The average Bonchev–Trinajstić information content (AvgIpc) is 3.10. The molecule has 1 aromatic heterocycles. The van der Waals surface area contributed by atoms with Gasteiger partial charge < -0.3 is 9.84 Å². The molecule has 0 fully saturated rings. The van der Waals surface area contributed by atoms with Crippen LogP contribution in [0.3, 0.4) is 0 Å². The lowest BCUT2D eigenvalue weighted by atomic mass is 9.93. The molecule has 31 heavy (non-hydrogen) atoms. The van der Waals surface area contributed by atoms with Gasteiger partial charge in [0.15, 0.2) is 0 Å². The lowest BCUT2D eigenvalue weighted by molar-refractivity contribution is -0.137. The summed E-state index contributed by atoms with van der Waals surface area (Å²) in [5.74, 6) is 0.500. The topological polar surface area (TPSA) is 59.4 Å². The van der Waals surface area contributed by atoms with Crippen LogP contribution in [-0.4, -0.2) is 21.8 Å². The Kier molecular flexibility index (Phi) is 6.39. The van der Waals surface area contributed by atoms with Crippen LogP contribution in [0.15, 0.2) is 52.0 Å². The van der Waals surface area contributed by atoms with E-state index < -0.39 is 5.97 Å². The molecule has 1 aliphatic rings. The molecule has 2 heterocycles. The molecule has 0 bridgehead atoms. The number of carboxylic acids is 1. The number of benzene rings is 2. The number of rotatable bonds is 6. The van der Waals surface area contributed by atoms with Gasteiger partial charge in [0, 0.05) is 22.8 Å². The van der Waals surface area contributed by atoms with Crippen molar-refractivity contribution in [2.45, 2.75) is 44.6 Å². The van der Waals surface area contributed by atoms with E-state index in [1.165, 1.54) is 27.8 Å². The molecule has 4 nitrogen and oxygen atoms in total. The van der Waals surface area contributed by atoms with Crippen molar-refractivity contribution in [3.8, 4) is 17.0 Å². The lowest BCUT2D eigenvalue weighted by Crippen LogP contribution is -2.06. The molecule has 0 radical (unpaired) electrons. The van der Waals surface area contributed by atoms with Gasteiger partial charge in [-0.1, -0.05) is 35.9 Å². The number of fused-ring (bicyclic) bond motifs is 1. The predicted molar refractivity (Wildman–Crippen MR) is 128 cm³/mol. The number of hydrogen-bond donors (Lipinski definition) is 1. The van der Waals surface area contributed by atoms with Crippen LogP contribution >= 0.6 is 27.7 Å². The van der Waals surface area contributed by atoms with Crippen LogP contribution in [0.2, 0.25) is 0 Å². The number of ether oxygens (including phenoxy) is 1. The molecule has 0 aliphatic carbocycles. The second-order valence-corrected chi connectivity index (χ2v) is 9.85. The Morgan fingerprint density at radius 3 is 2.68 bits per heavy atom. The molecule has 0 saturated heterocycles. The lowest BCUT2D eigenvalue weighted by Gasteiger charge is -2.14. The van der Waals surface area contributed by atoms with Crippen LogP contribution in [0.4, 0.5) is 0 Å². The quantitative estimate of drug-likeness (QED) is 0.411. The highest BCUT2D eigenvalue weighted by atomic mass is 79.9. The van der Waals surface area contributed by atoms with E-state index in [0.29, 0.717) is 12.5 Å².